The Balaban J connectivity index is 1.50. The third-order valence-corrected chi connectivity index (χ3v) is 5.72. The van der Waals surface area contributed by atoms with Crippen LogP contribution in [0.5, 0.6) is 0 Å². The van der Waals surface area contributed by atoms with E-state index >= 15 is 0 Å². The number of hydrogen-bond donors (Lipinski definition) is 1. The molecule has 19 heavy (non-hydrogen) atoms. The molecular formula is C16H30N2O. The van der Waals surface area contributed by atoms with Gasteiger partial charge in [0, 0.05) is 25.2 Å². The minimum absolute atomic E-state index is 0.00808. The van der Waals surface area contributed by atoms with Crippen molar-refractivity contribution in [3.63, 3.8) is 0 Å². The van der Waals surface area contributed by atoms with Gasteiger partial charge in [-0.1, -0.05) is 12.8 Å². The standard InChI is InChI=1S/C16H30N2O/c1-13-11-18-9-3-2-6-15(18)12-17(13)10-8-14-5-4-7-16(14)19/h13-16,19H,2-12H2,1H3. The fraction of sp³-hybridized carbons (Fsp3) is 1.00. The largest absolute Gasteiger partial charge is 0.393 e. The zero-order valence-electron chi connectivity index (χ0n) is 12.4. The Morgan fingerprint density at radius 1 is 1.05 bits per heavy atom. The lowest BCUT2D eigenvalue weighted by Crippen LogP contribution is -2.58. The highest BCUT2D eigenvalue weighted by atomic mass is 16.3. The van der Waals surface area contributed by atoms with E-state index < -0.39 is 0 Å². The molecule has 3 rings (SSSR count). The van der Waals surface area contributed by atoms with Crippen LogP contribution in [-0.4, -0.2) is 59.3 Å². The minimum Gasteiger partial charge on any atom is -0.393 e. The highest BCUT2D eigenvalue weighted by Gasteiger charge is 2.33. The summed E-state index contributed by atoms with van der Waals surface area (Å²) in [5, 5.41) is 9.94. The Labute approximate surface area is 118 Å². The van der Waals surface area contributed by atoms with Crippen LogP contribution in [0.15, 0.2) is 0 Å². The number of nitrogens with zero attached hydrogens (tertiary/aromatic N) is 2. The lowest BCUT2D eigenvalue weighted by Gasteiger charge is -2.47. The lowest BCUT2D eigenvalue weighted by molar-refractivity contribution is 0.00948. The van der Waals surface area contributed by atoms with Crippen LogP contribution in [0.25, 0.3) is 0 Å². The molecule has 1 aliphatic carbocycles. The first-order valence-electron chi connectivity index (χ1n) is 8.40. The van der Waals surface area contributed by atoms with Crippen LogP contribution in [0, 0.1) is 5.92 Å². The van der Waals surface area contributed by atoms with Gasteiger partial charge in [0.05, 0.1) is 6.10 Å². The van der Waals surface area contributed by atoms with Crippen molar-refractivity contribution in [3.8, 4) is 0 Å². The number of piperidine rings is 1. The van der Waals surface area contributed by atoms with E-state index in [1.54, 1.807) is 0 Å². The van der Waals surface area contributed by atoms with Crippen molar-refractivity contribution in [2.24, 2.45) is 5.92 Å². The molecule has 1 saturated carbocycles. The maximum absolute atomic E-state index is 9.94. The number of piperazine rings is 1. The molecule has 3 heteroatoms. The molecule has 1 N–H and O–H groups in total. The Morgan fingerprint density at radius 3 is 2.74 bits per heavy atom. The highest BCUT2D eigenvalue weighted by Crippen LogP contribution is 2.30. The Kier molecular flexibility index (Phi) is 4.45. The summed E-state index contributed by atoms with van der Waals surface area (Å²) in [7, 11) is 0. The van der Waals surface area contributed by atoms with Gasteiger partial charge in [-0.05, 0) is 58.0 Å². The quantitative estimate of drug-likeness (QED) is 0.847. The van der Waals surface area contributed by atoms with Crippen LogP contribution >= 0.6 is 0 Å². The molecule has 3 fully saturated rings. The summed E-state index contributed by atoms with van der Waals surface area (Å²) in [6.07, 6.45) is 8.94. The summed E-state index contributed by atoms with van der Waals surface area (Å²) in [5.74, 6) is 0.580. The second kappa shape index (κ2) is 6.11. The second-order valence-corrected chi connectivity index (χ2v) is 7.04. The molecule has 2 heterocycles. The smallest absolute Gasteiger partial charge is 0.0568 e. The molecule has 0 spiro atoms. The molecule has 0 radical (unpaired) electrons. The fourth-order valence-electron chi connectivity index (χ4n) is 4.41. The van der Waals surface area contributed by atoms with Crippen molar-refractivity contribution < 1.29 is 5.11 Å². The van der Waals surface area contributed by atoms with Gasteiger partial charge in [0.25, 0.3) is 0 Å². The van der Waals surface area contributed by atoms with E-state index in [1.807, 2.05) is 0 Å². The van der Waals surface area contributed by atoms with E-state index in [0.29, 0.717) is 12.0 Å². The van der Waals surface area contributed by atoms with Crippen LogP contribution in [0.4, 0.5) is 0 Å². The van der Waals surface area contributed by atoms with Crippen molar-refractivity contribution in [2.75, 3.05) is 26.2 Å². The molecule has 0 aromatic carbocycles. The van der Waals surface area contributed by atoms with Gasteiger partial charge in [-0.2, -0.15) is 0 Å². The van der Waals surface area contributed by atoms with Gasteiger partial charge >= 0.3 is 0 Å². The zero-order chi connectivity index (χ0) is 13.2. The van der Waals surface area contributed by atoms with Crippen LogP contribution in [0.1, 0.15) is 51.9 Å². The number of aliphatic hydroxyl groups excluding tert-OH is 1. The molecule has 3 nitrogen and oxygen atoms in total. The third-order valence-electron chi connectivity index (χ3n) is 5.72. The lowest BCUT2D eigenvalue weighted by atomic mass is 9.95. The van der Waals surface area contributed by atoms with Gasteiger partial charge in [0.1, 0.15) is 0 Å². The molecular weight excluding hydrogens is 236 g/mol. The molecule has 0 aromatic heterocycles. The van der Waals surface area contributed by atoms with Gasteiger partial charge in [-0.15, -0.1) is 0 Å². The van der Waals surface area contributed by atoms with Gasteiger partial charge < -0.3 is 5.11 Å². The number of fused-ring (bicyclic) bond motifs is 1. The first kappa shape index (κ1) is 13.8. The second-order valence-electron chi connectivity index (χ2n) is 7.04. The van der Waals surface area contributed by atoms with E-state index in [0.717, 1.165) is 12.5 Å². The summed E-state index contributed by atoms with van der Waals surface area (Å²) in [4.78, 5) is 5.41. The van der Waals surface area contributed by atoms with Gasteiger partial charge in [0.2, 0.25) is 0 Å². The average molecular weight is 266 g/mol. The molecule has 3 aliphatic rings. The topological polar surface area (TPSA) is 26.7 Å². The van der Waals surface area contributed by atoms with Gasteiger partial charge in [-0.3, -0.25) is 9.80 Å². The predicted molar refractivity (Wildman–Crippen MR) is 78.2 cm³/mol. The Bertz CT molecular complexity index is 296. The average Bonchev–Trinajstić information content (AvgIpc) is 2.82. The number of rotatable bonds is 3. The van der Waals surface area contributed by atoms with Gasteiger partial charge in [-0.25, -0.2) is 0 Å². The van der Waals surface area contributed by atoms with E-state index in [9.17, 15) is 5.11 Å². The van der Waals surface area contributed by atoms with Crippen molar-refractivity contribution in [2.45, 2.75) is 70.1 Å². The van der Waals surface area contributed by atoms with E-state index in [-0.39, 0.29) is 6.10 Å². The minimum atomic E-state index is -0.00808. The first-order chi connectivity index (χ1) is 9.24. The molecule has 2 aliphatic heterocycles. The third kappa shape index (κ3) is 3.14. The maximum atomic E-state index is 9.94. The predicted octanol–water partition coefficient (Wildman–Crippen LogP) is 2.10. The summed E-state index contributed by atoms with van der Waals surface area (Å²) in [6.45, 7) is 7.44. The van der Waals surface area contributed by atoms with Gasteiger partial charge in [0.15, 0.2) is 0 Å². The maximum Gasteiger partial charge on any atom is 0.0568 e. The van der Waals surface area contributed by atoms with Crippen molar-refractivity contribution in [3.05, 3.63) is 0 Å². The normalized spacial score (nSPS) is 41.4. The monoisotopic (exact) mass is 266 g/mol. The highest BCUT2D eigenvalue weighted by molar-refractivity contribution is 4.89. The summed E-state index contributed by atoms with van der Waals surface area (Å²) < 4.78 is 0. The summed E-state index contributed by atoms with van der Waals surface area (Å²) in [6, 6.07) is 1.52. The summed E-state index contributed by atoms with van der Waals surface area (Å²) in [5.41, 5.74) is 0. The molecule has 4 unspecified atom stereocenters. The van der Waals surface area contributed by atoms with Crippen LogP contribution < -0.4 is 0 Å². The van der Waals surface area contributed by atoms with Crippen molar-refractivity contribution >= 4 is 0 Å². The molecule has 2 saturated heterocycles. The molecule has 110 valence electrons. The molecule has 0 bridgehead atoms. The Morgan fingerprint density at radius 2 is 1.95 bits per heavy atom. The molecule has 0 aromatic rings. The van der Waals surface area contributed by atoms with Crippen LogP contribution in [0.3, 0.4) is 0 Å². The molecule has 0 amide bonds. The molecule has 4 atom stereocenters. The van der Waals surface area contributed by atoms with E-state index in [2.05, 4.69) is 16.7 Å². The van der Waals surface area contributed by atoms with Crippen LogP contribution in [0.2, 0.25) is 0 Å². The Hall–Kier alpha value is -0.120. The number of hydrogen-bond acceptors (Lipinski definition) is 3. The van der Waals surface area contributed by atoms with E-state index in [4.69, 9.17) is 0 Å². The SMILES string of the molecule is CC1CN2CCCCC2CN1CCC1CCCC1O. The number of aliphatic hydroxyl groups is 1. The van der Waals surface area contributed by atoms with Crippen molar-refractivity contribution in [1.82, 2.24) is 9.80 Å². The first-order valence-corrected chi connectivity index (χ1v) is 8.40. The fourth-order valence-corrected chi connectivity index (χ4v) is 4.41. The van der Waals surface area contributed by atoms with E-state index in [1.165, 1.54) is 64.7 Å². The zero-order valence-corrected chi connectivity index (χ0v) is 12.4. The summed E-state index contributed by atoms with van der Waals surface area (Å²) >= 11 is 0. The van der Waals surface area contributed by atoms with Crippen molar-refractivity contribution in [1.29, 1.82) is 0 Å². The van der Waals surface area contributed by atoms with Crippen LogP contribution in [-0.2, 0) is 0 Å².